The Morgan fingerprint density at radius 2 is 2.04 bits per heavy atom. The van der Waals surface area contributed by atoms with E-state index in [4.69, 9.17) is 9.15 Å². The Labute approximate surface area is 146 Å². The van der Waals surface area contributed by atoms with E-state index in [1.54, 1.807) is 19.1 Å². The normalized spacial score (nSPS) is 15.8. The highest BCUT2D eigenvalue weighted by Gasteiger charge is 2.36. The van der Waals surface area contributed by atoms with Crippen LogP contribution in [0.15, 0.2) is 45.6 Å². The van der Waals surface area contributed by atoms with E-state index < -0.39 is 23.2 Å². The molecule has 1 aromatic heterocycles. The average molecular weight is 355 g/mol. The Bertz CT molecular complexity index is 1110. The van der Waals surface area contributed by atoms with Gasteiger partial charge in [0.1, 0.15) is 11.4 Å². The van der Waals surface area contributed by atoms with Gasteiger partial charge in [-0.15, -0.1) is 0 Å². The second kappa shape index (κ2) is 5.87. The monoisotopic (exact) mass is 355 g/mol. The summed E-state index contributed by atoms with van der Waals surface area (Å²) in [6, 6.07) is 7.34. The fraction of sp³-hybridized carbons (Fsp3) is 0.158. The predicted molar refractivity (Wildman–Crippen MR) is 91.0 cm³/mol. The number of phenols is 1. The van der Waals surface area contributed by atoms with E-state index in [0.717, 1.165) is 12.1 Å². The molecule has 0 saturated carbocycles. The maximum atomic E-state index is 13.5. The number of hydrogen-bond donors (Lipinski definition) is 2. The van der Waals surface area contributed by atoms with Crippen LogP contribution in [0.1, 0.15) is 34.6 Å². The van der Waals surface area contributed by atoms with Crippen LogP contribution >= 0.6 is 0 Å². The molecule has 1 unspecified atom stereocenters. The second-order valence-electron chi connectivity index (χ2n) is 5.88. The van der Waals surface area contributed by atoms with Gasteiger partial charge in [0.05, 0.1) is 23.6 Å². The SMILES string of the molecule is CCOc1cc(C2NC(=O)c3oc4ccc(F)cc4c(=O)c32)ccc1O. The van der Waals surface area contributed by atoms with Crippen molar-refractivity contribution in [1.82, 2.24) is 5.32 Å². The number of carbonyl (C=O) groups is 1. The zero-order valence-electron chi connectivity index (χ0n) is 13.7. The number of hydrogen-bond acceptors (Lipinski definition) is 5. The molecule has 0 bridgehead atoms. The molecule has 1 amide bonds. The first-order chi connectivity index (χ1) is 12.5. The molecular weight excluding hydrogens is 341 g/mol. The largest absolute Gasteiger partial charge is 0.504 e. The number of ether oxygens (including phenoxy) is 1. The Morgan fingerprint density at radius 1 is 1.23 bits per heavy atom. The standard InChI is InChI=1S/C19H14FNO5/c1-2-25-14-7-9(3-5-12(14)22)16-15-17(23)11-8-10(20)4-6-13(11)26-18(15)19(24)21-16/h3-8,16,22H,2H2,1H3,(H,21,24). The topological polar surface area (TPSA) is 88.8 Å². The zero-order valence-corrected chi connectivity index (χ0v) is 13.7. The van der Waals surface area contributed by atoms with Crippen LogP contribution in [-0.4, -0.2) is 17.6 Å². The van der Waals surface area contributed by atoms with Gasteiger partial charge in [-0.25, -0.2) is 4.39 Å². The highest BCUT2D eigenvalue weighted by molar-refractivity contribution is 5.99. The Hall–Kier alpha value is -3.35. The highest BCUT2D eigenvalue weighted by Crippen LogP contribution is 2.35. The van der Waals surface area contributed by atoms with E-state index in [-0.39, 0.29) is 33.8 Å². The van der Waals surface area contributed by atoms with Gasteiger partial charge in [0, 0.05) is 0 Å². The minimum Gasteiger partial charge on any atom is -0.504 e. The number of amides is 1. The molecule has 1 aliphatic rings. The summed E-state index contributed by atoms with van der Waals surface area (Å²) >= 11 is 0. The van der Waals surface area contributed by atoms with Crippen molar-refractivity contribution in [2.75, 3.05) is 6.61 Å². The molecule has 0 spiro atoms. The molecule has 1 aliphatic heterocycles. The molecule has 7 heteroatoms. The van der Waals surface area contributed by atoms with Crippen LogP contribution < -0.4 is 15.5 Å². The van der Waals surface area contributed by atoms with Crippen molar-refractivity contribution >= 4 is 16.9 Å². The zero-order chi connectivity index (χ0) is 18.4. The molecular formula is C19H14FNO5. The lowest BCUT2D eigenvalue weighted by Gasteiger charge is -2.14. The van der Waals surface area contributed by atoms with E-state index in [0.29, 0.717) is 12.2 Å². The summed E-state index contributed by atoms with van der Waals surface area (Å²) in [6.45, 7) is 2.12. The van der Waals surface area contributed by atoms with Crippen LogP contribution in [0, 0.1) is 5.82 Å². The first kappa shape index (κ1) is 16.1. The number of benzene rings is 2. The lowest BCUT2D eigenvalue weighted by atomic mass is 9.99. The van der Waals surface area contributed by atoms with Crippen LogP contribution in [0.4, 0.5) is 4.39 Å². The van der Waals surface area contributed by atoms with E-state index in [2.05, 4.69) is 5.32 Å². The van der Waals surface area contributed by atoms with Gasteiger partial charge in [-0.3, -0.25) is 9.59 Å². The van der Waals surface area contributed by atoms with Crippen molar-refractivity contribution in [3.8, 4) is 11.5 Å². The van der Waals surface area contributed by atoms with Gasteiger partial charge >= 0.3 is 0 Å². The third-order valence-electron chi connectivity index (χ3n) is 4.27. The van der Waals surface area contributed by atoms with Crippen LogP contribution in [0.3, 0.4) is 0 Å². The van der Waals surface area contributed by atoms with Gasteiger partial charge in [-0.1, -0.05) is 6.07 Å². The molecule has 26 heavy (non-hydrogen) atoms. The number of phenolic OH excluding ortho intramolecular Hbond substituents is 1. The van der Waals surface area contributed by atoms with Gasteiger partial charge in [0.25, 0.3) is 5.91 Å². The summed E-state index contributed by atoms with van der Waals surface area (Å²) in [5, 5.41) is 12.6. The molecule has 6 nitrogen and oxygen atoms in total. The molecule has 1 atom stereocenters. The van der Waals surface area contributed by atoms with Crippen molar-refractivity contribution in [1.29, 1.82) is 0 Å². The van der Waals surface area contributed by atoms with Crippen molar-refractivity contribution in [2.24, 2.45) is 0 Å². The van der Waals surface area contributed by atoms with Gasteiger partial charge in [-0.2, -0.15) is 0 Å². The predicted octanol–water partition coefficient (Wildman–Crippen LogP) is 2.87. The lowest BCUT2D eigenvalue weighted by molar-refractivity contribution is 0.0938. The van der Waals surface area contributed by atoms with Crippen molar-refractivity contribution in [3.05, 3.63) is 69.3 Å². The summed E-state index contributed by atoms with van der Waals surface area (Å²) in [5.41, 5.74) is 0.324. The van der Waals surface area contributed by atoms with Crippen molar-refractivity contribution < 1.29 is 23.4 Å². The fourth-order valence-electron chi connectivity index (χ4n) is 3.11. The first-order valence-corrected chi connectivity index (χ1v) is 8.02. The number of nitrogens with one attached hydrogen (secondary N) is 1. The van der Waals surface area contributed by atoms with Crippen LogP contribution in [-0.2, 0) is 0 Å². The maximum absolute atomic E-state index is 13.5. The second-order valence-corrected chi connectivity index (χ2v) is 5.88. The number of rotatable bonds is 3. The summed E-state index contributed by atoms with van der Waals surface area (Å²) < 4.78 is 24.4. The van der Waals surface area contributed by atoms with E-state index >= 15 is 0 Å². The fourth-order valence-corrected chi connectivity index (χ4v) is 3.11. The minimum absolute atomic E-state index is 0.0484. The molecule has 3 aromatic rings. The van der Waals surface area contributed by atoms with Gasteiger partial charge in [-0.05, 0) is 42.8 Å². The van der Waals surface area contributed by atoms with Crippen molar-refractivity contribution in [2.45, 2.75) is 13.0 Å². The van der Waals surface area contributed by atoms with Crippen molar-refractivity contribution in [3.63, 3.8) is 0 Å². The van der Waals surface area contributed by atoms with E-state index in [1.807, 2.05) is 0 Å². The molecule has 0 fully saturated rings. The number of halogens is 1. The molecule has 2 aromatic carbocycles. The Kier molecular flexibility index (Phi) is 3.64. The van der Waals surface area contributed by atoms with Crippen LogP contribution in [0.5, 0.6) is 11.5 Å². The van der Waals surface area contributed by atoms with Gasteiger partial charge in [0.15, 0.2) is 16.9 Å². The highest BCUT2D eigenvalue weighted by atomic mass is 19.1. The summed E-state index contributed by atoms with van der Waals surface area (Å²) in [4.78, 5) is 25.2. The number of fused-ring (bicyclic) bond motifs is 2. The average Bonchev–Trinajstić information content (AvgIpc) is 2.95. The molecule has 0 aliphatic carbocycles. The quantitative estimate of drug-likeness (QED) is 0.754. The molecule has 4 rings (SSSR count). The van der Waals surface area contributed by atoms with E-state index in [1.165, 1.54) is 12.1 Å². The first-order valence-electron chi connectivity index (χ1n) is 8.02. The number of aromatic hydroxyl groups is 1. The third-order valence-corrected chi connectivity index (χ3v) is 4.27. The third kappa shape index (κ3) is 2.40. The smallest absolute Gasteiger partial charge is 0.288 e. The summed E-state index contributed by atoms with van der Waals surface area (Å²) in [6.07, 6.45) is 0. The Morgan fingerprint density at radius 3 is 2.81 bits per heavy atom. The molecule has 0 radical (unpaired) electrons. The van der Waals surface area contributed by atoms with E-state index in [9.17, 15) is 19.1 Å². The Balaban J connectivity index is 1.92. The number of carbonyl (C=O) groups excluding carboxylic acids is 1. The summed E-state index contributed by atoms with van der Waals surface area (Å²) in [5.74, 6) is -0.997. The molecule has 2 heterocycles. The maximum Gasteiger partial charge on any atom is 0.288 e. The molecule has 0 saturated heterocycles. The lowest BCUT2D eigenvalue weighted by Crippen LogP contribution is -2.22. The van der Waals surface area contributed by atoms with Crippen LogP contribution in [0.2, 0.25) is 0 Å². The van der Waals surface area contributed by atoms with Crippen LogP contribution in [0.25, 0.3) is 11.0 Å². The van der Waals surface area contributed by atoms with Gasteiger partial charge in [0.2, 0.25) is 5.76 Å². The van der Waals surface area contributed by atoms with Gasteiger partial charge < -0.3 is 19.6 Å². The molecule has 2 N–H and O–H groups in total. The summed E-state index contributed by atoms with van der Waals surface area (Å²) in [7, 11) is 0. The molecule has 132 valence electrons. The minimum atomic E-state index is -0.777.